The zero-order chi connectivity index (χ0) is 13.9. The summed E-state index contributed by atoms with van der Waals surface area (Å²) in [6.07, 6.45) is 0. The first-order valence-corrected chi connectivity index (χ1v) is 6.39. The molecule has 8 heteroatoms. The second-order valence-corrected chi connectivity index (χ2v) is 4.58. The monoisotopic (exact) mass is 285 g/mol. The molecule has 3 aromatic rings. The number of nitrogens with zero attached hydrogens (tertiary/aromatic N) is 5. The minimum absolute atomic E-state index is 0.296. The maximum absolute atomic E-state index is 8.98. The van der Waals surface area contributed by atoms with E-state index in [0.29, 0.717) is 33.7 Å². The van der Waals surface area contributed by atoms with Crippen LogP contribution in [0.25, 0.3) is 22.3 Å². The van der Waals surface area contributed by atoms with Gasteiger partial charge in [0.2, 0.25) is 11.7 Å². The molecule has 98 valence electrons. The summed E-state index contributed by atoms with van der Waals surface area (Å²) in [5.74, 6) is 1.01. The van der Waals surface area contributed by atoms with Crippen LogP contribution >= 0.6 is 11.3 Å². The maximum Gasteiger partial charge on any atom is 0.269 e. The Bertz CT molecular complexity index is 772. The van der Waals surface area contributed by atoms with Gasteiger partial charge in [0.25, 0.3) is 5.89 Å². The highest BCUT2D eigenvalue weighted by atomic mass is 32.1. The lowest BCUT2D eigenvalue weighted by atomic mass is 10.3. The normalized spacial score (nSPS) is 10.2. The second-order valence-electron chi connectivity index (χ2n) is 3.66. The van der Waals surface area contributed by atoms with E-state index in [2.05, 4.69) is 26.4 Å². The molecule has 0 fully saturated rings. The molecule has 20 heavy (non-hydrogen) atoms. The van der Waals surface area contributed by atoms with Crippen LogP contribution in [0.3, 0.4) is 0 Å². The van der Waals surface area contributed by atoms with Gasteiger partial charge < -0.3 is 9.26 Å². The molecule has 0 bridgehead atoms. The number of nitriles is 1. The quantitative estimate of drug-likeness (QED) is 0.727. The third-order valence-corrected chi connectivity index (χ3v) is 3.39. The van der Waals surface area contributed by atoms with Gasteiger partial charge in [0.05, 0.1) is 12.7 Å². The van der Waals surface area contributed by atoms with Crippen LogP contribution in [0, 0.1) is 11.3 Å². The highest BCUT2D eigenvalue weighted by molar-refractivity contribution is 7.13. The lowest BCUT2D eigenvalue weighted by Gasteiger charge is -1.96. The van der Waals surface area contributed by atoms with E-state index in [-0.39, 0.29) is 0 Å². The first kappa shape index (κ1) is 12.3. The summed E-state index contributed by atoms with van der Waals surface area (Å²) in [5.41, 5.74) is 0.974. The Morgan fingerprint density at radius 3 is 2.90 bits per heavy atom. The Morgan fingerprint density at radius 1 is 1.30 bits per heavy atom. The van der Waals surface area contributed by atoms with E-state index >= 15 is 0 Å². The van der Waals surface area contributed by atoms with Gasteiger partial charge in [-0.05, 0) is 17.5 Å². The Labute approximate surface area is 117 Å². The molecule has 0 atom stereocenters. The summed E-state index contributed by atoms with van der Waals surface area (Å²) in [6.45, 7) is 0. The van der Waals surface area contributed by atoms with Crippen LogP contribution < -0.4 is 4.74 Å². The third kappa shape index (κ3) is 2.10. The average Bonchev–Trinajstić information content (AvgIpc) is 3.15. The van der Waals surface area contributed by atoms with Crippen molar-refractivity contribution in [1.82, 2.24) is 20.3 Å². The molecule has 0 aliphatic rings. The fourth-order valence-corrected chi connectivity index (χ4v) is 2.30. The molecule has 3 rings (SSSR count). The van der Waals surface area contributed by atoms with Crippen molar-refractivity contribution in [2.24, 2.45) is 0 Å². The van der Waals surface area contributed by atoms with Gasteiger partial charge in [-0.1, -0.05) is 5.16 Å². The Balaban J connectivity index is 1.96. The fraction of sp³-hybridized carbons (Fsp3) is 0.0833. The first-order valence-electron chi connectivity index (χ1n) is 5.51. The van der Waals surface area contributed by atoms with E-state index in [0.717, 1.165) is 0 Å². The molecule has 3 aromatic heterocycles. The van der Waals surface area contributed by atoms with Crippen molar-refractivity contribution in [3.05, 3.63) is 29.1 Å². The van der Waals surface area contributed by atoms with Crippen molar-refractivity contribution in [2.75, 3.05) is 7.11 Å². The number of methoxy groups -OCH3 is 1. The van der Waals surface area contributed by atoms with E-state index in [1.165, 1.54) is 18.4 Å². The third-order valence-electron chi connectivity index (χ3n) is 2.48. The molecule has 7 nitrogen and oxygen atoms in total. The van der Waals surface area contributed by atoms with E-state index in [9.17, 15) is 0 Å². The van der Waals surface area contributed by atoms with Crippen molar-refractivity contribution in [3.8, 4) is 34.2 Å². The van der Waals surface area contributed by atoms with Gasteiger partial charge in [-0.3, -0.25) is 0 Å². The molecule has 0 radical (unpaired) electrons. The van der Waals surface area contributed by atoms with Crippen LogP contribution in [-0.4, -0.2) is 27.4 Å². The highest BCUT2D eigenvalue weighted by Crippen LogP contribution is 2.29. The molecule has 0 aliphatic heterocycles. The van der Waals surface area contributed by atoms with Crippen LogP contribution in [0.2, 0.25) is 0 Å². The molecule has 0 saturated heterocycles. The van der Waals surface area contributed by atoms with Crippen molar-refractivity contribution < 1.29 is 9.26 Å². The Kier molecular flexibility index (Phi) is 3.10. The van der Waals surface area contributed by atoms with Crippen LogP contribution in [0.5, 0.6) is 5.88 Å². The number of rotatable bonds is 3. The molecule has 0 saturated carbocycles. The summed E-state index contributed by atoms with van der Waals surface area (Å²) >= 11 is 1.37. The number of hydrogen-bond acceptors (Lipinski definition) is 8. The van der Waals surface area contributed by atoms with Gasteiger partial charge in [0.1, 0.15) is 16.6 Å². The van der Waals surface area contributed by atoms with Gasteiger partial charge in [-0.25, -0.2) is 0 Å². The summed E-state index contributed by atoms with van der Waals surface area (Å²) in [5, 5.41) is 22.4. The Morgan fingerprint density at radius 2 is 2.20 bits per heavy atom. The van der Waals surface area contributed by atoms with Crippen molar-refractivity contribution in [2.45, 2.75) is 0 Å². The van der Waals surface area contributed by atoms with E-state index in [4.69, 9.17) is 14.5 Å². The van der Waals surface area contributed by atoms with E-state index < -0.39 is 0 Å². The molecule has 0 spiro atoms. The second kappa shape index (κ2) is 5.07. The van der Waals surface area contributed by atoms with Crippen LogP contribution in [0.15, 0.2) is 28.1 Å². The lowest BCUT2D eigenvalue weighted by molar-refractivity contribution is 0.392. The molecular formula is C12H7N5O2S. The average molecular weight is 285 g/mol. The van der Waals surface area contributed by atoms with Gasteiger partial charge in [-0.15, -0.1) is 21.5 Å². The molecule has 0 N–H and O–H groups in total. The topological polar surface area (TPSA) is 97.7 Å². The minimum Gasteiger partial charge on any atom is -0.480 e. The summed E-state index contributed by atoms with van der Waals surface area (Å²) in [6, 6.07) is 7.12. The predicted octanol–water partition coefficient (Wildman–Crippen LogP) is 2.14. The first-order chi connectivity index (χ1) is 9.81. The molecule has 0 amide bonds. The molecule has 3 heterocycles. The standard InChI is InChI=1S/C12H7N5O2S/c1-18-9-3-2-8(15-16-9)11-14-12(19-17-11)10-7(6-13)4-5-20-10/h2-5H,1H3. The van der Waals surface area contributed by atoms with Crippen LogP contribution in [0.4, 0.5) is 0 Å². The molecule has 0 unspecified atom stereocenters. The van der Waals surface area contributed by atoms with Gasteiger partial charge in [0, 0.05) is 6.07 Å². The predicted molar refractivity (Wildman–Crippen MR) is 69.9 cm³/mol. The summed E-state index contributed by atoms with van der Waals surface area (Å²) in [7, 11) is 1.51. The maximum atomic E-state index is 8.98. The highest BCUT2D eigenvalue weighted by Gasteiger charge is 2.16. The smallest absolute Gasteiger partial charge is 0.269 e. The number of ether oxygens (including phenoxy) is 1. The molecular weight excluding hydrogens is 278 g/mol. The van der Waals surface area contributed by atoms with Gasteiger partial charge in [0.15, 0.2) is 0 Å². The minimum atomic E-state index is 0.296. The molecule has 0 aromatic carbocycles. The SMILES string of the molecule is COc1ccc(-c2noc(-c3sccc3C#N)n2)nn1. The summed E-state index contributed by atoms with van der Waals surface area (Å²) < 4.78 is 10.1. The van der Waals surface area contributed by atoms with Crippen molar-refractivity contribution in [3.63, 3.8) is 0 Å². The Hall–Kier alpha value is -2.79. The van der Waals surface area contributed by atoms with Crippen LogP contribution in [-0.2, 0) is 0 Å². The van der Waals surface area contributed by atoms with Crippen LogP contribution in [0.1, 0.15) is 5.56 Å². The van der Waals surface area contributed by atoms with Gasteiger partial charge in [-0.2, -0.15) is 10.2 Å². The number of hydrogen-bond donors (Lipinski definition) is 0. The van der Waals surface area contributed by atoms with E-state index in [1.807, 2.05) is 0 Å². The van der Waals surface area contributed by atoms with Crippen molar-refractivity contribution >= 4 is 11.3 Å². The number of aromatic nitrogens is 4. The fourth-order valence-electron chi connectivity index (χ4n) is 1.53. The van der Waals surface area contributed by atoms with Gasteiger partial charge >= 0.3 is 0 Å². The largest absolute Gasteiger partial charge is 0.480 e. The number of thiophene rings is 1. The summed E-state index contributed by atoms with van der Waals surface area (Å²) in [4.78, 5) is 4.87. The van der Waals surface area contributed by atoms with E-state index in [1.54, 1.807) is 23.6 Å². The zero-order valence-corrected chi connectivity index (χ0v) is 11.1. The lowest BCUT2D eigenvalue weighted by Crippen LogP contribution is -1.93. The van der Waals surface area contributed by atoms with Crippen molar-refractivity contribution in [1.29, 1.82) is 5.26 Å². The molecule has 0 aliphatic carbocycles. The zero-order valence-electron chi connectivity index (χ0n) is 10.3.